The van der Waals surface area contributed by atoms with Crippen molar-refractivity contribution in [2.75, 3.05) is 12.0 Å². The van der Waals surface area contributed by atoms with Gasteiger partial charge < -0.3 is 10.3 Å². The molecule has 1 aliphatic rings. The van der Waals surface area contributed by atoms with E-state index in [1.807, 2.05) is 11.8 Å². The molecule has 0 radical (unpaired) electrons. The van der Waals surface area contributed by atoms with Gasteiger partial charge in [-0.3, -0.25) is 0 Å². The van der Waals surface area contributed by atoms with Gasteiger partial charge in [0, 0.05) is 12.5 Å². The molecule has 0 aliphatic heterocycles. The largest absolute Gasteiger partial charge is 0.383 e. The Morgan fingerprint density at radius 3 is 2.53 bits per heavy atom. The Morgan fingerprint density at radius 2 is 2.12 bits per heavy atom. The first-order valence-corrected chi connectivity index (χ1v) is 7.69. The molecule has 96 valence electrons. The molecule has 17 heavy (non-hydrogen) atoms. The molecule has 4 heteroatoms. The minimum Gasteiger partial charge on any atom is -0.383 e. The number of rotatable bonds is 5. The van der Waals surface area contributed by atoms with E-state index in [1.54, 1.807) is 0 Å². The maximum atomic E-state index is 6.32. The number of thioether (sulfide) groups is 1. The normalized spacial score (nSPS) is 17.7. The molecule has 1 aliphatic carbocycles. The van der Waals surface area contributed by atoms with Crippen LogP contribution in [0.3, 0.4) is 0 Å². The number of imidazole rings is 1. The Kier molecular flexibility index (Phi) is 3.43. The number of anilines is 1. The number of hydrogen-bond acceptors (Lipinski definition) is 3. The molecule has 2 N–H and O–H groups in total. The zero-order chi connectivity index (χ0) is 12.6. The number of aromatic nitrogens is 2. The van der Waals surface area contributed by atoms with Crippen LogP contribution in [0.1, 0.15) is 57.5 Å². The van der Waals surface area contributed by atoms with E-state index in [1.165, 1.54) is 12.8 Å². The van der Waals surface area contributed by atoms with Crippen molar-refractivity contribution in [2.45, 2.75) is 57.2 Å². The van der Waals surface area contributed by atoms with Gasteiger partial charge in [0.05, 0.1) is 10.4 Å². The van der Waals surface area contributed by atoms with Crippen molar-refractivity contribution in [3.8, 4) is 0 Å². The SMILES string of the molecule is CCCn1c(C(C)C)nc(C2(SC)CC2)c1N. The third-order valence-corrected chi connectivity index (χ3v) is 4.91. The van der Waals surface area contributed by atoms with Gasteiger partial charge in [0.1, 0.15) is 11.6 Å². The lowest BCUT2D eigenvalue weighted by molar-refractivity contribution is 0.616. The van der Waals surface area contributed by atoms with Crippen molar-refractivity contribution in [1.29, 1.82) is 0 Å². The van der Waals surface area contributed by atoms with Gasteiger partial charge in [-0.1, -0.05) is 20.8 Å². The fourth-order valence-electron chi connectivity index (χ4n) is 2.37. The lowest BCUT2D eigenvalue weighted by atomic mass is 10.2. The predicted molar refractivity (Wildman–Crippen MR) is 75.4 cm³/mol. The summed E-state index contributed by atoms with van der Waals surface area (Å²) in [6.45, 7) is 7.55. The Labute approximate surface area is 108 Å². The molecule has 3 nitrogen and oxygen atoms in total. The van der Waals surface area contributed by atoms with E-state index >= 15 is 0 Å². The van der Waals surface area contributed by atoms with Crippen molar-refractivity contribution in [1.82, 2.24) is 9.55 Å². The van der Waals surface area contributed by atoms with E-state index in [0.29, 0.717) is 5.92 Å². The second kappa shape index (κ2) is 4.56. The smallest absolute Gasteiger partial charge is 0.128 e. The quantitative estimate of drug-likeness (QED) is 0.875. The van der Waals surface area contributed by atoms with Gasteiger partial charge in [-0.2, -0.15) is 11.8 Å². The van der Waals surface area contributed by atoms with Crippen molar-refractivity contribution in [3.63, 3.8) is 0 Å². The molecular weight excluding hydrogens is 230 g/mol. The van der Waals surface area contributed by atoms with E-state index in [4.69, 9.17) is 10.7 Å². The van der Waals surface area contributed by atoms with Gasteiger partial charge >= 0.3 is 0 Å². The first-order valence-electron chi connectivity index (χ1n) is 6.47. The fourth-order valence-corrected chi connectivity index (χ4v) is 3.22. The molecule has 1 saturated carbocycles. The standard InChI is InChI=1S/C13H23N3S/c1-5-8-16-11(14)10(13(17-4)6-7-13)15-12(16)9(2)3/h9H,5-8,14H2,1-4H3. The summed E-state index contributed by atoms with van der Waals surface area (Å²) in [5, 5.41) is 0. The molecule has 1 aromatic rings. The van der Waals surface area contributed by atoms with Gasteiger partial charge in [-0.05, 0) is 25.5 Å². The lowest BCUT2D eigenvalue weighted by Crippen LogP contribution is -2.09. The number of nitrogen functional groups attached to an aromatic ring is 1. The summed E-state index contributed by atoms with van der Waals surface area (Å²) in [4.78, 5) is 4.85. The average Bonchev–Trinajstić information content (AvgIpc) is 3.02. The highest BCUT2D eigenvalue weighted by Gasteiger charge is 2.48. The number of nitrogens with two attached hydrogens (primary N) is 1. The zero-order valence-electron chi connectivity index (χ0n) is 11.3. The van der Waals surface area contributed by atoms with Crippen LogP contribution in [0.4, 0.5) is 5.82 Å². The van der Waals surface area contributed by atoms with Crippen molar-refractivity contribution in [2.24, 2.45) is 0 Å². The van der Waals surface area contributed by atoms with Gasteiger partial charge in [-0.25, -0.2) is 4.98 Å². The van der Waals surface area contributed by atoms with E-state index in [9.17, 15) is 0 Å². The molecule has 2 rings (SSSR count). The molecule has 1 aromatic heterocycles. The first-order chi connectivity index (χ1) is 8.05. The van der Waals surface area contributed by atoms with Crippen LogP contribution < -0.4 is 5.73 Å². The Balaban J connectivity index is 2.44. The summed E-state index contributed by atoms with van der Waals surface area (Å²) < 4.78 is 2.45. The van der Waals surface area contributed by atoms with Crippen LogP contribution in [0, 0.1) is 0 Å². The van der Waals surface area contributed by atoms with Gasteiger partial charge in [0.2, 0.25) is 0 Å². The molecule has 1 fully saturated rings. The highest BCUT2D eigenvalue weighted by atomic mass is 32.2. The van der Waals surface area contributed by atoms with Crippen molar-refractivity contribution in [3.05, 3.63) is 11.5 Å². The maximum Gasteiger partial charge on any atom is 0.128 e. The molecule has 0 aromatic carbocycles. The lowest BCUT2D eigenvalue weighted by Gasteiger charge is -2.11. The van der Waals surface area contributed by atoms with Crippen molar-refractivity contribution >= 4 is 17.6 Å². The topological polar surface area (TPSA) is 43.8 Å². The van der Waals surface area contributed by atoms with Crippen LogP contribution in [0.15, 0.2) is 0 Å². The van der Waals surface area contributed by atoms with Gasteiger partial charge in [0.25, 0.3) is 0 Å². The van der Waals surface area contributed by atoms with Crippen LogP contribution in [0.25, 0.3) is 0 Å². The molecule has 1 heterocycles. The van der Waals surface area contributed by atoms with Gasteiger partial charge in [-0.15, -0.1) is 0 Å². The highest BCUT2D eigenvalue weighted by molar-refractivity contribution is 7.99. The van der Waals surface area contributed by atoms with Crippen LogP contribution in [0.2, 0.25) is 0 Å². The summed E-state index contributed by atoms with van der Waals surface area (Å²) in [6.07, 6.45) is 5.71. The van der Waals surface area contributed by atoms with Crippen LogP contribution in [-0.4, -0.2) is 15.8 Å². The minimum absolute atomic E-state index is 0.229. The van der Waals surface area contributed by atoms with E-state index < -0.39 is 0 Å². The third-order valence-electron chi connectivity index (χ3n) is 3.53. The van der Waals surface area contributed by atoms with Crippen molar-refractivity contribution < 1.29 is 0 Å². The molecular formula is C13H23N3S. The van der Waals surface area contributed by atoms with Gasteiger partial charge in [0.15, 0.2) is 0 Å². The number of nitrogens with zero attached hydrogens (tertiary/aromatic N) is 2. The molecule has 0 atom stereocenters. The van der Waals surface area contributed by atoms with E-state index in [0.717, 1.165) is 30.3 Å². The Morgan fingerprint density at radius 1 is 1.47 bits per heavy atom. The Bertz CT molecular complexity index is 405. The minimum atomic E-state index is 0.229. The van der Waals surface area contributed by atoms with E-state index in [-0.39, 0.29) is 4.75 Å². The second-order valence-corrected chi connectivity index (χ2v) is 6.40. The molecule has 0 saturated heterocycles. The van der Waals surface area contributed by atoms with Crippen LogP contribution in [-0.2, 0) is 11.3 Å². The summed E-state index contributed by atoms with van der Waals surface area (Å²) >= 11 is 1.90. The second-order valence-electron chi connectivity index (χ2n) is 5.21. The molecule has 0 bridgehead atoms. The highest BCUT2D eigenvalue weighted by Crippen LogP contribution is 2.57. The molecule has 0 spiro atoms. The summed E-state index contributed by atoms with van der Waals surface area (Å²) in [6, 6.07) is 0. The van der Waals surface area contributed by atoms with Crippen LogP contribution in [0.5, 0.6) is 0 Å². The first kappa shape index (κ1) is 12.8. The zero-order valence-corrected chi connectivity index (χ0v) is 12.1. The fraction of sp³-hybridized carbons (Fsp3) is 0.769. The van der Waals surface area contributed by atoms with Crippen LogP contribution >= 0.6 is 11.8 Å². The monoisotopic (exact) mass is 253 g/mol. The summed E-state index contributed by atoms with van der Waals surface area (Å²) in [7, 11) is 0. The summed E-state index contributed by atoms with van der Waals surface area (Å²) in [5.41, 5.74) is 7.46. The maximum absolute atomic E-state index is 6.32. The third kappa shape index (κ3) is 2.07. The number of hydrogen-bond donors (Lipinski definition) is 1. The predicted octanol–water partition coefficient (Wildman–Crippen LogP) is 3.35. The average molecular weight is 253 g/mol. The summed E-state index contributed by atoms with van der Waals surface area (Å²) in [5.74, 6) is 2.50. The van der Waals surface area contributed by atoms with E-state index in [2.05, 4.69) is 31.6 Å². The molecule has 0 unspecified atom stereocenters. The molecule has 0 amide bonds. The Hall–Kier alpha value is -0.640.